The molecular formula is C11H11N3O2S. The van der Waals surface area contributed by atoms with E-state index in [0.29, 0.717) is 0 Å². The number of nitrogens with zero attached hydrogens (tertiary/aromatic N) is 2. The van der Waals surface area contributed by atoms with E-state index in [-0.39, 0.29) is 11.7 Å². The molecule has 0 saturated carbocycles. The minimum atomic E-state index is -1.02. The molecule has 2 aromatic rings. The highest BCUT2D eigenvalue weighted by Crippen LogP contribution is 2.20. The van der Waals surface area contributed by atoms with Crippen molar-refractivity contribution in [1.82, 2.24) is 9.97 Å². The highest BCUT2D eigenvalue weighted by atomic mass is 32.1. The van der Waals surface area contributed by atoms with Gasteiger partial charge in [-0.15, -0.1) is 11.3 Å². The van der Waals surface area contributed by atoms with Gasteiger partial charge in [-0.2, -0.15) is 0 Å². The lowest BCUT2D eigenvalue weighted by atomic mass is 10.3. The third kappa shape index (κ3) is 2.79. The zero-order valence-corrected chi connectivity index (χ0v) is 9.94. The second kappa shape index (κ2) is 4.92. The van der Waals surface area contributed by atoms with Gasteiger partial charge in [-0.25, -0.2) is 14.8 Å². The number of aromatic carboxylic acids is 1. The predicted octanol–water partition coefficient (Wildman–Crippen LogP) is 2.41. The van der Waals surface area contributed by atoms with Crippen molar-refractivity contribution in [2.45, 2.75) is 13.0 Å². The van der Waals surface area contributed by atoms with Crippen molar-refractivity contribution in [2.75, 3.05) is 5.32 Å². The van der Waals surface area contributed by atoms with E-state index in [4.69, 9.17) is 5.11 Å². The average molecular weight is 249 g/mol. The maximum absolute atomic E-state index is 10.6. The van der Waals surface area contributed by atoms with Crippen molar-refractivity contribution in [3.05, 3.63) is 40.6 Å². The first-order chi connectivity index (χ1) is 8.16. The molecule has 2 N–H and O–H groups in total. The number of pyridine rings is 1. The van der Waals surface area contributed by atoms with Crippen LogP contribution in [0.1, 0.15) is 28.5 Å². The summed E-state index contributed by atoms with van der Waals surface area (Å²) < 4.78 is 0. The maximum Gasteiger partial charge on any atom is 0.354 e. The molecule has 2 aromatic heterocycles. The van der Waals surface area contributed by atoms with Crippen molar-refractivity contribution in [2.24, 2.45) is 0 Å². The fourth-order valence-corrected chi connectivity index (χ4v) is 2.01. The molecule has 0 radical (unpaired) electrons. The topological polar surface area (TPSA) is 75.1 Å². The summed E-state index contributed by atoms with van der Waals surface area (Å²) in [4.78, 5) is 18.7. The van der Waals surface area contributed by atoms with E-state index in [1.807, 2.05) is 12.3 Å². The highest BCUT2D eigenvalue weighted by molar-refractivity contribution is 7.09. The average Bonchev–Trinajstić information content (AvgIpc) is 2.83. The molecule has 0 aliphatic rings. The first-order valence-electron chi connectivity index (χ1n) is 5.02. The summed E-state index contributed by atoms with van der Waals surface area (Å²) in [5, 5.41) is 14.8. The molecule has 0 aromatic carbocycles. The Labute approximate surface area is 102 Å². The lowest BCUT2D eigenvalue weighted by molar-refractivity contribution is 0.0690. The summed E-state index contributed by atoms with van der Waals surface area (Å²) in [6.07, 6.45) is 3.26. The van der Waals surface area contributed by atoms with Crippen LogP contribution in [-0.2, 0) is 0 Å². The summed E-state index contributed by atoms with van der Waals surface area (Å²) in [5.41, 5.74) is 0.815. The molecule has 17 heavy (non-hydrogen) atoms. The Hall–Kier alpha value is -1.95. The van der Waals surface area contributed by atoms with Crippen molar-refractivity contribution >= 4 is 23.0 Å². The summed E-state index contributed by atoms with van der Waals surface area (Å²) >= 11 is 1.57. The molecule has 0 amide bonds. The lowest BCUT2D eigenvalue weighted by Crippen LogP contribution is -2.07. The fraction of sp³-hybridized carbons (Fsp3) is 0.182. The van der Waals surface area contributed by atoms with E-state index in [0.717, 1.165) is 10.7 Å². The molecule has 88 valence electrons. The molecule has 1 unspecified atom stereocenters. The number of aromatic nitrogens is 2. The van der Waals surface area contributed by atoms with Gasteiger partial charge in [0.25, 0.3) is 0 Å². The van der Waals surface area contributed by atoms with E-state index in [1.165, 1.54) is 12.3 Å². The number of carboxylic acid groups (broad SMARTS) is 1. The number of anilines is 1. The van der Waals surface area contributed by atoms with E-state index in [9.17, 15) is 4.79 Å². The third-order valence-electron chi connectivity index (χ3n) is 2.19. The van der Waals surface area contributed by atoms with Crippen LogP contribution < -0.4 is 5.32 Å². The molecular weight excluding hydrogens is 238 g/mol. The van der Waals surface area contributed by atoms with Gasteiger partial charge in [-0.1, -0.05) is 0 Å². The van der Waals surface area contributed by atoms with Gasteiger partial charge in [0, 0.05) is 11.6 Å². The van der Waals surface area contributed by atoms with Crippen LogP contribution in [0.5, 0.6) is 0 Å². The van der Waals surface area contributed by atoms with Crippen LogP contribution >= 0.6 is 11.3 Å². The first kappa shape index (κ1) is 11.5. The van der Waals surface area contributed by atoms with Crippen molar-refractivity contribution < 1.29 is 9.90 Å². The summed E-state index contributed by atoms with van der Waals surface area (Å²) in [6, 6.07) is 3.24. The number of nitrogens with one attached hydrogen (secondary N) is 1. The fourth-order valence-electron chi connectivity index (χ4n) is 1.37. The largest absolute Gasteiger partial charge is 0.477 e. The van der Waals surface area contributed by atoms with Gasteiger partial charge in [0.05, 0.1) is 17.9 Å². The van der Waals surface area contributed by atoms with Crippen LogP contribution in [0.25, 0.3) is 0 Å². The zero-order valence-electron chi connectivity index (χ0n) is 9.12. The Kier molecular flexibility index (Phi) is 3.34. The van der Waals surface area contributed by atoms with Crippen LogP contribution in [0.4, 0.5) is 5.69 Å². The molecule has 2 heterocycles. The van der Waals surface area contributed by atoms with Gasteiger partial charge in [-0.3, -0.25) is 0 Å². The van der Waals surface area contributed by atoms with Gasteiger partial charge in [0.2, 0.25) is 0 Å². The number of carbonyl (C=O) groups is 1. The number of carboxylic acids is 1. The van der Waals surface area contributed by atoms with E-state index >= 15 is 0 Å². The Morgan fingerprint density at radius 3 is 2.82 bits per heavy atom. The van der Waals surface area contributed by atoms with Crippen LogP contribution in [0.15, 0.2) is 29.9 Å². The minimum Gasteiger partial charge on any atom is -0.477 e. The smallest absolute Gasteiger partial charge is 0.354 e. The van der Waals surface area contributed by atoms with Crippen molar-refractivity contribution in [3.63, 3.8) is 0 Å². The van der Waals surface area contributed by atoms with Gasteiger partial charge in [0.1, 0.15) is 10.7 Å². The van der Waals surface area contributed by atoms with E-state index in [1.54, 1.807) is 23.6 Å². The number of thiazole rings is 1. The minimum absolute atomic E-state index is 0.0393. The normalized spacial score (nSPS) is 12.1. The second-order valence-electron chi connectivity index (χ2n) is 3.47. The zero-order chi connectivity index (χ0) is 12.3. The lowest BCUT2D eigenvalue weighted by Gasteiger charge is -2.12. The summed E-state index contributed by atoms with van der Waals surface area (Å²) in [5.74, 6) is -1.02. The molecule has 5 nitrogen and oxygen atoms in total. The Morgan fingerprint density at radius 2 is 2.29 bits per heavy atom. The summed E-state index contributed by atoms with van der Waals surface area (Å²) in [6.45, 7) is 1.99. The van der Waals surface area contributed by atoms with Crippen molar-refractivity contribution in [1.29, 1.82) is 0 Å². The van der Waals surface area contributed by atoms with E-state index < -0.39 is 5.97 Å². The van der Waals surface area contributed by atoms with Gasteiger partial charge in [0.15, 0.2) is 0 Å². The van der Waals surface area contributed by atoms with Gasteiger partial charge in [-0.05, 0) is 19.1 Å². The third-order valence-corrected chi connectivity index (χ3v) is 3.15. The highest BCUT2D eigenvalue weighted by Gasteiger charge is 2.09. The molecule has 0 aliphatic carbocycles. The Balaban J connectivity index is 2.06. The summed E-state index contributed by atoms with van der Waals surface area (Å²) in [7, 11) is 0. The second-order valence-corrected chi connectivity index (χ2v) is 4.40. The van der Waals surface area contributed by atoms with Gasteiger partial charge < -0.3 is 10.4 Å². The monoisotopic (exact) mass is 249 g/mol. The molecule has 0 saturated heterocycles. The number of rotatable bonds is 4. The first-order valence-corrected chi connectivity index (χ1v) is 5.90. The van der Waals surface area contributed by atoms with E-state index in [2.05, 4.69) is 15.3 Å². The standard InChI is InChI=1S/C11H11N3O2S/c1-7(10-12-4-5-17-10)14-8-2-3-9(11(15)16)13-6-8/h2-7,14H,1H3,(H,15,16). The van der Waals surface area contributed by atoms with Crippen LogP contribution in [-0.4, -0.2) is 21.0 Å². The molecule has 0 aliphatic heterocycles. The number of hydrogen-bond donors (Lipinski definition) is 2. The Morgan fingerprint density at radius 1 is 1.47 bits per heavy atom. The maximum atomic E-state index is 10.6. The predicted molar refractivity (Wildman–Crippen MR) is 65.3 cm³/mol. The quantitative estimate of drug-likeness (QED) is 0.870. The van der Waals surface area contributed by atoms with Gasteiger partial charge >= 0.3 is 5.97 Å². The van der Waals surface area contributed by atoms with Crippen LogP contribution in [0.2, 0.25) is 0 Å². The Bertz CT molecular complexity index is 496. The molecule has 0 spiro atoms. The molecule has 6 heteroatoms. The van der Waals surface area contributed by atoms with Crippen LogP contribution in [0.3, 0.4) is 0 Å². The number of hydrogen-bond acceptors (Lipinski definition) is 5. The SMILES string of the molecule is CC(Nc1ccc(C(=O)O)nc1)c1nccs1. The van der Waals surface area contributed by atoms with Crippen LogP contribution in [0, 0.1) is 0 Å². The molecule has 0 bridgehead atoms. The molecule has 1 atom stereocenters. The van der Waals surface area contributed by atoms with Crippen molar-refractivity contribution in [3.8, 4) is 0 Å². The molecule has 0 fully saturated rings. The molecule has 2 rings (SSSR count).